The normalized spacial score (nSPS) is 12.3. The number of thiophene rings is 2. The predicted molar refractivity (Wildman–Crippen MR) is 192 cm³/mol. The zero-order valence-corrected chi connectivity index (χ0v) is 31.9. The molecule has 0 bridgehead atoms. The summed E-state index contributed by atoms with van der Waals surface area (Å²) in [6.45, 7) is 16.9. The van der Waals surface area contributed by atoms with Crippen LogP contribution in [0.3, 0.4) is 0 Å². The molecule has 0 amide bonds. The first-order chi connectivity index (χ1) is 21.5. The fourth-order valence-corrected chi connectivity index (χ4v) is 8.23. The molecule has 0 fully saturated rings. The van der Waals surface area contributed by atoms with Gasteiger partial charge in [0.05, 0.1) is 11.3 Å². The molecule has 1 N–H and O–H groups in total. The molecule has 6 rings (SSSR count). The molecule has 0 spiro atoms. The number of fused-ring (bicyclic) bond motifs is 6. The van der Waals surface area contributed by atoms with Crippen molar-refractivity contribution in [2.45, 2.75) is 86.5 Å². The van der Waals surface area contributed by atoms with Gasteiger partial charge in [-0.1, -0.05) is 72.1 Å². The van der Waals surface area contributed by atoms with E-state index in [1.807, 2.05) is 34.6 Å². The first-order valence-electron chi connectivity index (χ1n) is 16.0. The molecule has 46 heavy (non-hydrogen) atoms. The van der Waals surface area contributed by atoms with Crippen LogP contribution in [0.25, 0.3) is 51.9 Å². The summed E-state index contributed by atoms with van der Waals surface area (Å²) < 4.78 is 9.42. The van der Waals surface area contributed by atoms with E-state index in [4.69, 9.17) is 9.40 Å². The van der Waals surface area contributed by atoms with Gasteiger partial charge in [0.2, 0.25) is 0 Å². The molecule has 2 aromatic carbocycles. The van der Waals surface area contributed by atoms with Crippen molar-refractivity contribution in [3.8, 4) is 11.3 Å². The van der Waals surface area contributed by atoms with Crippen LogP contribution in [0.4, 0.5) is 0 Å². The number of aliphatic hydroxyl groups excluding tert-OH is 1. The average Bonchev–Trinajstić information content (AvgIpc) is 3.67. The number of aliphatic hydroxyl groups is 1. The van der Waals surface area contributed by atoms with Crippen LogP contribution in [0, 0.1) is 24.8 Å². The maximum Gasteiger partial charge on any atom is 0.178 e. The molecule has 0 aliphatic carbocycles. The topological polar surface area (TPSA) is 76.2 Å². The third kappa shape index (κ3) is 7.16. The maximum absolute atomic E-state index is 11.7. The fraction of sp³-hybridized carbons (Fsp3) is 0.395. The Morgan fingerprint density at radius 3 is 2.30 bits per heavy atom. The summed E-state index contributed by atoms with van der Waals surface area (Å²) in [7, 11) is 0. The minimum absolute atomic E-state index is 0. The summed E-state index contributed by atoms with van der Waals surface area (Å²) in [5.74, 6) is 1.50. The summed E-state index contributed by atoms with van der Waals surface area (Å²) >= 11 is 3.42. The van der Waals surface area contributed by atoms with Crippen LogP contribution in [0.15, 0.2) is 59.0 Å². The molecule has 8 heteroatoms. The number of aryl methyl sites for hydroxylation is 1. The number of nitrogens with zero attached hydrogens (tertiary/aromatic N) is 2. The standard InChI is InChI=1S/C25H19N2OS2.C13H24O2.Ir/c1-13-9-16-20-17(25(2,3)4)10-14(11-19(20)30-24(16)28-13)21-23-22(27-12-26-21)15-7-5-6-8-18(15)29-23;1-5-10(6-2)12(14)9-13(15)11(7-3)8-4;/h5-10,12H,1-4H3;9-11,14H,5-8H2,1-4H3;/q-1;;/b;12-9-;. The van der Waals surface area contributed by atoms with Crippen molar-refractivity contribution in [1.82, 2.24) is 9.97 Å². The first-order valence-corrected chi connectivity index (χ1v) is 17.6. The Kier molecular flexibility index (Phi) is 11.6. The summed E-state index contributed by atoms with van der Waals surface area (Å²) in [6, 6.07) is 16.5. The molecule has 0 saturated heterocycles. The summed E-state index contributed by atoms with van der Waals surface area (Å²) in [6.07, 6.45) is 6.58. The second kappa shape index (κ2) is 14.9. The van der Waals surface area contributed by atoms with Crippen molar-refractivity contribution in [3.05, 3.63) is 72.0 Å². The van der Waals surface area contributed by atoms with Crippen LogP contribution in [0.1, 0.15) is 85.5 Å². The van der Waals surface area contributed by atoms with Crippen LogP contribution in [-0.2, 0) is 30.3 Å². The number of furan rings is 1. The molecule has 6 aromatic rings. The zero-order chi connectivity index (χ0) is 32.5. The Hall–Kier alpha value is -2.90. The first kappa shape index (κ1) is 35.9. The molecule has 0 atom stereocenters. The number of hydrogen-bond acceptors (Lipinski definition) is 7. The van der Waals surface area contributed by atoms with E-state index < -0.39 is 0 Å². The molecular formula is C38H43IrN2O3S2-. The minimum atomic E-state index is -0.0203. The summed E-state index contributed by atoms with van der Waals surface area (Å²) in [5, 5.41) is 13.4. The zero-order valence-electron chi connectivity index (χ0n) is 27.9. The van der Waals surface area contributed by atoms with Gasteiger partial charge in [0.1, 0.15) is 12.1 Å². The second-order valence-electron chi connectivity index (χ2n) is 12.7. The number of aromatic nitrogens is 2. The van der Waals surface area contributed by atoms with Crippen LogP contribution in [0.2, 0.25) is 0 Å². The number of allylic oxidation sites excluding steroid dienone is 2. The van der Waals surface area contributed by atoms with Crippen molar-refractivity contribution < 1.29 is 34.4 Å². The third-order valence-electron chi connectivity index (χ3n) is 8.62. The van der Waals surface area contributed by atoms with E-state index >= 15 is 0 Å². The largest absolute Gasteiger partial charge is 0.512 e. The van der Waals surface area contributed by atoms with Crippen LogP contribution in [-0.4, -0.2) is 20.9 Å². The monoisotopic (exact) mass is 832 g/mol. The van der Waals surface area contributed by atoms with E-state index in [1.54, 1.807) is 29.0 Å². The molecule has 0 unspecified atom stereocenters. The van der Waals surface area contributed by atoms with Gasteiger partial charge in [0.25, 0.3) is 0 Å². The van der Waals surface area contributed by atoms with Gasteiger partial charge in [-0.25, -0.2) is 4.98 Å². The maximum atomic E-state index is 11.7. The smallest absolute Gasteiger partial charge is 0.178 e. The van der Waals surface area contributed by atoms with Crippen molar-refractivity contribution in [3.63, 3.8) is 0 Å². The molecule has 0 aliphatic rings. The molecular weight excluding hydrogens is 789 g/mol. The van der Waals surface area contributed by atoms with E-state index in [1.165, 1.54) is 32.5 Å². The van der Waals surface area contributed by atoms with Gasteiger partial charge in [-0.3, -0.25) is 9.78 Å². The van der Waals surface area contributed by atoms with E-state index in [9.17, 15) is 9.90 Å². The number of carbonyl (C=O) groups is 1. The average molecular weight is 832 g/mol. The van der Waals surface area contributed by atoms with Crippen molar-refractivity contribution in [1.29, 1.82) is 0 Å². The number of ketones is 1. The van der Waals surface area contributed by atoms with E-state index in [0.29, 0.717) is 0 Å². The van der Waals surface area contributed by atoms with E-state index in [0.717, 1.165) is 62.5 Å². The van der Waals surface area contributed by atoms with Crippen LogP contribution in [0.5, 0.6) is 0 Å². The molecule has 0 aliphatic heterocycles. The molecule has 1 radical (unpaired) electrons. The Morgan fingerprint density at radius 2 is 1.65 bits per heavy atom. The SMILES string of the molecule is CCC(CC)C(=O)/C=C(\O)C(CC)CC.Cc1cc2c(o1)sc1[c-]c(-c3ncnc4c3sc3ccccc34)cc(C(C)(C)C)c12.[Ir]. The number of hydrogen-bond donors (Lipinski definition) is 1. The quantitative estimate of drug-likeness (QED) is 0.0939. The summed E-state index contributed by atoms with van der Waals surface area (Å²) in [4.78, 5) is 22.0. The van der Waals surface area contributed by atoms with Gasteiger partial charge in [-0.2, -0.15) is 0 Å². The fourth-order valence-electron chi connectivity index (χ4n) is 5.95. The van der Waals surface area contributed by atoms with E-state index in [-0.39, 0.29) is 48.9 Å². The van der Waals surface area contributed by atoms with Gasteiger partial charge in [-0.05, 0) is 60.2 Å². The molecule has 4 heterocycles. The van der Waals surface area contributed by atoms with Crippen LogP contribution < -0.4 is 0 Å². The third-order valence-corrected chi connectivity index (χ3v) is 10.8. The van der Waals surface area contributed by atoms with Gasteiger partial charge >= 0.3 is 0 Å². The Bertz CT molecular complexity index is 2000. The molecule has 5 nitrogen and oxygen atoms in total. The van der Waals surface area contributed by atoms with E-state index in [2.05, 4.69) is 68.2 Å². The van der Waals surface area contributed by atoms with Crippen molar-refractivity contribution in [2.75, 3.05) is 0 Å². The molecule has 0 saturated carbocycles. The van der Waals surface area contributed by atoms with Gasteiger partial charge < -0.3 is 9.52 Å². The Morgan fingerprint density at radius 1 is 0.978 bits per heavy atom. The van der Waals surface area contributed by atoms with Crippen LogP contribution >= 0.6 is 22.7 Å². The van der Waals surface area contributed by atoms with Gasteiger partial charge in [0.15, 0.2) is 10.7 Å². The van der Waals surface area contributed by atoms with Gasteiger partial charge in [-0.15, -0.1) is 45.9 Å². The van der Waals surface area contributed by atoms with Crippen molar-refractivity contribution in [2.24, 2.45) is 11.8 Å². The number of carbonyl (C=O) groups excluding carboxylic acids is 1. The van der Waals surface area contributed by atoms with Crippen molar-refractivity contribution >= 4 is 69.1 Å². The molecule has 4 aromatic heterocycles. The number of benzene rings is 2. The number of rotatable bonds is 8. The predicted octanol–water partition coefficient (Wildman–Crippen LogP) is 11.7. The summed E-state index contributed by atoms with van der Waals surface area (Å²) in [5.41, 5.74) is 4.27. The molecule has 245 valence electrons. The van der Waals surface area contributed by atoms with Gasteiger partial charge in [0, 0.05) is 58.5 Å². The Balaban J connectivity index is 0.000000259. The Labute approximate surface area is 293 Å². The second-order valence-corrected chi connectivity index (χ2v) is 14.7. The minimum Gasteiger partial charge on any atom is -0.512 e.